The van der Waals surface area contributed by atoms with Crippen LogP contribution in [0.4, 0.5) is 5.69 Å². The fraction of sp³-hybridized carbons (Fsp3) is 0.389. The largest absolute Gasteiger partial charge is 0.368 e. The zero-order valence-corrected chi connectivity index (χ0v) is 13.4. The number of hydrogen-bond donors (Lipinski definition) is 1. The zero-order chi connectivity index (χ0) is 15.2. The summed E-state index contributed by atoms with van der Waals surface area (Å²) in [7, 11) is 2.11. The third-order valence-corrected chi connectivity index (χ3v) is 3.51. The normalized spacial score (nSPS) is 10.9. The average molecular weight is 283 g/mol. The van der Waals surface area contributed by atoms with Crippen molar-refractivity contribution >= 4 is 5.69 Å². The van der Waals surface area contributed by atoms with E-state index in [0.29, 0.717) is 6.04 Å². The van der Waals surface area contributed by atoms with E-state index in [1.54, 1.807) is 0 Å². The van der Waals surface area contributed by atoms with Crippen molar-refractivity contribution in [3.05, 3.63) is 59.4 Å². The molecular weight excluding hydrogens is 258 g/mol. The second-order valence-electron chi connectivity index (χ2n) is 5.83. The highest BCUT2D eigenvalue weighted by Gasteiger charge is 2.07. The molecule has 1 heterocycles. The van der Waals surface area contributed by atoms with Crippen molar-refractivity contribution < 1.29 is 0 Å². The van der Waals surface area contributed by atoms with E-state index in [9.17, 15) is 0 Å². The molecule has 112 valence electrons. The lowest BCUT2D eigenvalue weighted by Gasteiger charge is -2.22. The molecule has 0 aliphatic heterocycles. The molecule has 1 aromatic heterocycles. The van der Waals surface area contributed by atoms with Crippen LogP contribution in [0.25, 0.3) is 0 Å². The van der Waals surface area contributed by atoms with Crippen LogP contribution in [-0.4, -0.2) is 18.1 Å². The van der Waals surface area contributed by atoms with E-state index in [2.05, 4.69) is 67.3 Å². The summed E-state index contributed by atoms with van der Waals surface area (Å²) < 4.78 is 0. The van der Waals surface area contributed by atoms with Crippen LogP contribution >= 0.6 is 0 Å². The minimum Gasteiger partial charge on any atom is -0.368 e. The van der Waals surface area contributed by atoms with E-state index in [1.165, 1.54) is 16.8 Å². The van der Waals surface area contributed by atoms with Crippen molar-refractivity contribution in [1.82, 2.24) is 10.3 Å². The van der Waals surface area contributed by atoms with Gasteiger partial charge in [-0.1, -0.05) is 32.0 Å². The predicted molar refractivity (Wildman–Crippen MR) is 89.5 cm³/mol. The first-order valence-electron chi connectivity index (χ1n) is 7.50. The molecule has 3 heteroatoms. The molecule has 21 heavy (non-hydrogen) atoms. The minimum atomic E-state index is 0.511. The fourth-order valence-electron chi connectivity index (χ4n) is 2.40. The van der Waals surface area contributed by atoms with E-state index in [4.69, 9.17) is 0 Å². The minimum absolute atomic E-state index is 0.511. The lowest BCUT2D eigenvalue weighted by Crippen LogP contribution is -2.22. The first-order chi connectivity index (χ1) is 10.1. The molecule has 2 rings (SSSR count). The van der Waals surface area contributed by atoms with Gasteiger partial charge in [-0.3, -0.25) is 4.98 Å². The molecule has 0 saturated carbocycles. The van der Waals surface area contributed by atoms with E-state index in [1.807, 2.05) is 18.3 Å². The van der Waals surface area contributed by atoms with Gasteiger partial charge in [-0.2, -0.15) is 0 Å². The van der Waals surface area contributed by atoms with Gasteiger partial charge >= 0.3 is 0 Å². The highest BCUT2D eigenvalue weighted by molar-refractivity contribution is 5.54. The van der Waals surface area contributed by atoms with Gasteiger partial charge in [-0.15, -0.1) is 0 Å². The van der Waals surface area contributed by atoms with E-state index < -0.39 is 0 Å². The Morgan fingerprint density at radius 3 is 2.62 bits per heavy atom. The predicted octanol–water partition coefficient (Wildman–Crippen LogP) is 3.52. The summed E-state index contributed by atoms with van der Waals surface area (Å²) in [6, 6.07) is 13.2. The Morgan fingerprint density at radius 2 is 2.00 bits per heavy atom. The molecule has 0 aliphatic carbocycles. The van der Waals surface area contributed by atoms with Crippen LogP contribution in [0.2, 0.25) is 0 Å². The number of nitrogens with one attached hydrogen (secondary N) is 1. The number of aryl methyl sites for hydroxylation is 1. The van der Waals surface area contributed by atoms with E-state index in [-0.39, 0.29) is 0 Å². The highest BCUT2D eigenvalue weighted by atomic mass is 15.1. The lowest BCUT2D eigenvalue weighted by molar-refractivity contribution is 0.588. The molecule has 0 fully saturated rings. The summed E-state index contributed by atoms with van der Waals surface area (Å²) in [5, 5.41) is 3.45. The van der Waals surface area contributed by atoms with Crippen molar-refractivity contribution in [3.63, 3.8) is 0 Å². The standard InChI is InChI=1S/C18H25N3/c1-14(2)20-12-16-8-9-18(15(3)11-16)21(4)13-17-7-5-6-10-19-17/h5-11,14,20H,12-13H2,1-4H3. The first kappa shape index (κ1) is 15.5. The van der Waals surface area contributed by atoms with Crippen LogP contribution in [0.1, 0.15) is 30.7 Å². The molecule has 1 aromatic carbocycles. The first-order valence-corrected chi connectivity index (χ1v) is 7.50. The van der Waals surface area contributed by atoms with Gasteiger partial charge in [0.15, 0.2) is 0 Å². The summed E-state index contributed by atoms with van der Waals surface area (Å²) in [6.07, 6.45) is 1.84. The third kappa shape index (κ3) is 4.57. The molecule has 0 saturated heterocycles. The van der Waals surface area contributed by atoms with Gasteiger partial charge in [0.25, 0.3) is 0 Å². The number of benzene rings is 1. The number of pyridine rings is 1. The molecular formula is C18H25N3. The molecule has 0 unspecified atom stereocenters. The summed E-state index contributed by atoms with van der Waals surface area (Å²) in [5.74, 6) is 0. The Kier molecular flexibility index (Phi) is 5.34. The second-order valence-corrected chi connectivity index (χ2v) is 5.83. The van der Waals surface area contributed by atoms with Crippen LogP contribution in [0.3, 0.4) is 0 Å². The van der Waals surface area contributed by atoms with Crippen molar-refractivity contribution in [2.45, 2.75) is 39.9 Å². The molecule has 3 nitrogen and oxygen atoms in total. The van der Waals surface area contributed by atoms with E-state index in [0.717, 1.165) is 18.8 Å². The van der Waals surface area contributed by atoms with Gasteiger partial charge in [0.2, 0.25) is 0 Å². The van der Waals surface area contributed by atoms with Crippen LogP contribution in [0.5, 0.6) is 0 Å². The van der Waals surface area contributed by atoms with Crippen molar-refractivity contribution in [3.8, 4) is 0 Å². The van der Waals surface area contributed by atoms with Crippen LogP contribution in [0, 0.1) is 6.92 Å². The monoisotopic (exact) mass is 283 g/mol. The smallest absolute Gasteiger partial charge is 0.0598 e. The summed E-state index contributed by atoms with van der Waals surface area (Å²) in [6.45, 7) is 8.25. The number of aromatic nitrogens is 1. The Labute approximate surface area is 128 Å². The third-order valence-electron chi connectivity index (χ3n) is 3.51. The number of anilines is 1. The van der Waals surface area contributed by atoms with Crippen LogP contribution < -0.4 is 10.2 Å². The summed E-state index contributed by atoms with van der Waals surface area (Å²) >= 11 is 0. The van der Waals surface area contributed by atoms with Crippen molar-refractivity contribution in [2.24, 2.45) is 0 Å². The van der Waals surface area contributed by atoms with Crippen molar-refractivity contribution in [1.29, 1.82) is 0 Å². The average Bonchev–Trinajstić information content (AvgIpc) is 2.46. The summed E-state index contributed by atoms with van der Waals surface area (Å²) in [4.78, 5) is 6.64. The topological polar surface area (TPSA) is 28.2 Å². The lowest BCUT2D eigenvalue weighted by atomic mass is 10.1. The van der Waals surface area contributed by atoms with Crippen LogP contribution in [-0.2, 0) is 13.1 Å². The van der Waals surface area contributed by atoms with Gasteiger partial charge in [0.1, 0.15) is 0 Å². The Bertz CT molecular complexity index is 564. The maximum absolute atomic E-state index is 4.39. The van der Waals surface area contributed by atoms with Gasteiger partial charge in [0, 0.05) is 31.5 Å². The number of hydrogen-bond acceptors (Lipinski definition) is 3. The van der Waals surface area contributed by atoms with Gasteiger partial charge in [0.05, 0.1) is 12.2 Å². The number of nitrogens with zero attached hydrogens (tertiary/aromatic N) is 2. The quantitative estimate of drug-likeness (QED) is 0.879. The van der Waals surface area contributed by atoms with Gasteiger partial charge in [-0.25, -0.2) is 0 Å². The molecule has 0 spiro atoms. The molecule has 0 radical (unpaired) electrons. The van der Waals surface area contributed by atoms with E-state index >= 15 is 0 Å². The van der Waals surface area contributed by atoms with Gasteiger partial charge in [-0.05, 0) is 36.2 Å². The molecule has 0 atom stereocenters. The molecule has 0 bridgehead atoms. The second kappa shape index (κ2) is 7.23. The molecule has 0 amide bonds. The SMILES string of the molecule is Cc1cc(CNC(C)C)ccc1N(C)Cc1ccccn1. The molecule has 0 aliphatic rings. The Balaban J connectivity index is 2.06. The maximum atomic E-state index is 4.39. The Hall–Kier alpha value is -1.87. The molecule has 1 N–H and O–H groups in total. The Morgan fingerprint density at radius 1 is 1.19 bits per heavy atom. The van der Waals surface area contributed by atoms with Gasteiger partial charge < -0.3 is 10.2 Å². The van der Waals surface area contributed by atoms with Crippen molar-refractivity contribution in [2.75, 3.05) is 11.9 Å². The fourth-order valence-corrected chi connectivity index (χ4v) is 2.40. The zero-order valence-electron chi connectivity index (χ0n) is 13.4. The molecule has 2 aromatic rings. The maximum Gasteiger partial charge on any atom is 0.0598 e. The van der Waals surface area contributed by atoms with Crippen LogP contribution in [0.15, 0.2) is 42.6 Å². The number of rotatable bonds is 6. The summed E-state index contributed by atoms with van der Waals surface area (Å²) in [5.41, 5.74) is 4.98. The highest BCUT2D eigenvalue weighted by Crippen LogP contribution is 2.21.